The predicted octanol–water partition coefficient (Wildman–Crippen LogP) is 2.86. The number of para-hydroxylation sites is 1. The fourth-order valence-electron chi connectivity index (χ4n) is 3.10. The molecule has 1 fully saturated rings. The molecule has 0 spiro atoms. The van der Waals surface area contributed by atoms with Crippen molar-refractivity contribution in [2.75, 3.05) is 25.2 Å². The largest absolute Gasteiger partial charge is 0.494 e. The van der Waals surface area contributed by atoms with E-state index in [-0.39, 0.29) is 12.0 Å². The number of benzene rings is 1. The number of nitrogens with zero attached hydrogens (tertiary/aromatic N) is 4. The summed E-state index contributed by atoms with van der Waals surface area (Å²) in [6.45, 7) is 1.21. The lowest BCUT2D eigenvalue weighted by Gasteiger charge is -2.22. The first-order chi connectivity index (χ1) is 12.7. The van der Waals surface area contributed by atoms with Crippen LogP contribution in [0.2, 0.25) is 0 Å². The van der Waals surface area contributed by atoms with Crippen LogP contribution in [0, 0.1) is 0 Å². The Labute approximate surface area is 155 Å². The van der Waals surface area contributed by atoms with Crippen LogP contribution in [0.5, 0.6) is 5.75 Å². The predicted molar refractivity (Wildman–Crippen MR) is 100 cm³/mol. The number of rotatable bonds is 5. The van der Waals surface area contributed by atoms with Crippen molar-refractivity contribution in [3.05, 3.63) is 36.2 Å². The number of aromatic nitrogens is 3. The highest BCUT2D eigenvalue weighted by atomic mass is 32.1. The molecule has 1 aliphatic heterocycles. The highest BCUT2D eigenvalue weighted by Gasteiger charge is 2.28. The van der Waals surface area contributed by atoms with Crippen LogP contribution in [-0.2, 0) is 11.8 Å². The standard InChI is InChI=1S/C18H20N4O3S/c1-21-9-8-13(20-21)17(23)22(11-12-5-4-10-25-12)18-19-16-14(24-2)6-3-7-15(16)26-18/h3,6-9,12H,4-5,10-11H2,1-2H3. The topological polar surface area (TPSA) is 69.5 Å². The molecule has 1 atom stereocenters. The van der Waals surface area contributed by atoms with Crippen LogP contribution in [0.3, 0.4) is 0 Å². The Bertz CT molecular complexity index is 930. The van der Waals surface area contributed by atoms with Gasteiger partial charge in [0.25, 0.3) is 5.91 Å². The molecular weight excluding hydrogens is 352 g/mol. The Hall–Kier alpha value is -2.45. The van der Waals surface area contributed by atoms with Gasteiger partial charge in [-0.1, -0.05) is 17.4 Å². The number of hydrogen-bond acceptors (Lipinski definition) is 6. The molecule has 2 aromatic heterocycles. The van der Waals surface area contributed by atoms with E-state index >= 15 is 0 Å². The van der Waals surface area contributed by atoms with Gasteiger partial charge in [0.05, 0.1) is 24.5 Å². The maximum absolute atomic E-state index is 13.1. The molecule has 8 heteroatoms. The number of ether oxygens (including phenoxy) is 2. The Morgan fingerprint density at radius 2 is 2.35 bits per heavy atom. The van der Waals surface area contributed by atoms with E-state index in [0.717, 1.165) is 29.7 Å². The van der Waals surface area contributed by atoms with Crippen LogP contribution in [0.4, 0.5) is 5.13 Å². The lowest BCUT2D eigenvalue weighted by molar-refractivity contribution is 0.0913. The minimum absolute atomic E-state index is 0.0246. The van der Waals surface area contributed by atoms with Gasteiger partial charge in [-0.05, 0) is 31.0 Å². The Kier molecular flexibility index (Phi) is 4.60. The van der Waals surface area contributed by atoms with Crippen molar-refractivity contribution in [1.82, 2.24) is 14.8 Å². The number of carbonyl (C=O) groups is 1. The lowest BCUT2D eigenvalue weighted by Crippen LogP contribution is -2.37. The van der Waals surface area contributed by atoms with E-state index in [1.807, 2.05) is 18.2 Å². The molecule has 1 saturated heterocycles. The normalized spacial score (nSPS) is 16.9. The van der Waals surface area contributed by atoms with Gasteiger partial charge in [0.1, 0.15) is 11.3 Å². The monoisotopic (exact) mass is 372 g/mol. The number of aryl methyl sites for hydroxylation is 1. The molecule has 0 radical (unpaired) electrons. The van der Waals surface area contributed by atoms with E-state index in [1.165, 1.54) is 11.3 Å². The van der Waals surface area contributed by atoms with Gasteiger partial charge in [-0.3, -0.25) is 14.4 Å². The maximum Gasteiger partial charge on any atom is 0.280 e. The molecule has 7 nitrogen and oxygen atoms in total. The first kappa shape index (κ1) is 17.0. The number of methoxy groups -OCH3 is 1. The number of thiazole rings is 1. The molecule has 1 amide bonds. The fraction of sp³-hybridized carbons (Fsp3) is 0.389. The Morgan fingerprint density at radius 1 is 1.46 bits per heavy atom. The molecule has 0 N–H and O–H groups in total. The van der Waals surface area contributed by atoms with Gasteiger partial charge in [0.15, 0.2) is 10.8 Å². The summed E-state index contributed by atoms with van der Waals surface area (Å²) in [5.41, 5.74) is 1.16. The third kappa shape index (κ3) is 3.17. The lowest BCUT2D eigenvalue weighted by atomic mass is 10.2. The summed E-state index contributed by atoms with van der Waals surface area (Å²) in [5, 5.41) is 4.89. The Morgan fingerprint density at radius 3 is 3.04 bits per heavy atom. The molecule has 0 saturated carbocycles. The van der Waals surface area contributed by atoms with Gasteiger partial charge < -0.3 is 9.47 Å². The van der Waals surface area contributed by atoms with Gasteiger partial charge in [-0.15, -0.1) is 0 Å². The summed E-state index contributed by atoms with van der Waals surface area (Å²) in [7, 11) is 3.42. The molecule has 1 aliphatic rings. The number of anilines is 1. The van der Waals surface area contributed by atoms with Crippen molar-refractivity contribution >= 4 is 32.6 Å². The van der Waals surface area contributed by atoms with E-state index in [9.17, 15) is 4.79 Å². The van der Waals surface area contributed by atoms with E-state index in [2.05, 4.69) is 10.1 Å². The van der Waals surface area contributed by atoms with Crippen LogP contribution in [0.25, 0.3) is 10.2 Å². The number of hydrogen-bond donors (Lipinski definition) is 0. The van der Waals surface area contributed by atoms with E-state index in [1.54, 1.807) is 36.0 Å². The molecule has 1 unspecified atom stereocenters. The van der Waals surface area contributed by atoms with E-state index in [0.29, 0.717) is 23.1 Å². The summed E-state index contributed by atoms with van der Waals surface area (Å²) < 4.78 is 13.8. The van der Waals surface area contributed by atoms with Gasteiger partial charge in [0, 0.05) is 19.9 Å². The molecule has 136 valence electrons. The molecular formula is C18H20N4O3S. The molecule has 3 heterocycles. The first-order valence-electron chi connectivity index (χ1n) is 8.52. The van der Waals surface area contributed by atoms with Crippen molar-refractivity contribution < 1.29 is 14.3 Å². The summed E-state index contributed by atoms with van der Waals surface area (Å²) in [5.74, 6) is 0.534. The first-order valence-corrected chi connectivity index (χ1v) is 9.34. The van der Waals surface area contributed by atoms with Gasteiger partial charge >= 0.3 is 0 Å². The van der Waals surface area contributed by atoms with Crippen LogP contribution in [-0.4, -0.2) is 47.0 Å². The van der Waals surface area contributed by atoms with Crippen LogP contribution < -0.4 is 9.64 Å². The van der Waals surface area contributed by atoms with Gasteiger partial charge in [0.2, 0.25) is 0 Å². The van der Waals surface area contributed by atoms with E-state index < -0.39 is 0 Å². The van der Waals surface area contributed by atoms with E-state index in [4.69, 9.17) is 9.47 Å². The Balaban J connectivity index is 1.73. The SMILES string of the molecule is COc1cccc2sc(N(CC3CCCO3)C(=O)c3ccn(C)n3)nc12. The summed E-state index contributed by atoms with van der Waals surface area (Å²) in [4.78, 5) is 19.5. The molecule has 0 bridgehead atoms. The highest BCUT2D eigenvalue weighted by molar-refractivity contribution is 7.22. The van der Waals surface area contributed by atoms with Gasteiger partial charge in [-0.2, -0.15) is 5.10 Å². The smallest absolute Gasteiger partial charge is 0.280 e. The third-order valence-electron chi connectivity index (χ3n) is 4.41. The van der Waals surface area contributed by atoms with Crippen LogP contribution in [0.15, 0.2) is 30.5 Å². The highest BCUT2D eigenvalue weighted by Crippen LogP contribution is 2.35. The minimum atomic E-state index is -0.167. The summed E-state index contributed by atoms with van der Waals surface area (Å²) in [6.07, 6.45) is 3.75. The zero-order chi connectivity index (χ0) is 18.1. The third-order valence-corrected chi connectivity index (χ3v) is 5.45. The zero-order valence-corrected chi connectivity index (χ0v) is 15.5. The average molecular weight is 372 g/mol. The number of fused-ring (bicyclic) bond motifs is 1. The van der Waals surface area contributed by atoms with Gasteiger partial charge in [-0.25, -0.2) is 4.98 Å². The van der Waals surface area contributed by atoms with Crippen molar-refractivity contribution in [1.29, 1.82) is 0 Å². The quantitative estimate of drug-likeness (QED) is 0.689. The molecule has 3 aromatic rings. The maximum atomic E-state index is 13.1. The van der Waals surface area contributed by atoms with Crippen LogP contribution >= 0.6 is 11.3 Å². The second kappa shape index (κ2) is 7.05. The summed E-state index contributed by atoms with van der Waals surface area (Å²) >= 11 is 1.47. The van der Waals surface area contributed by atoms with Crippen LogP contribution in [0.1, 0.15) is 23.3 Å². The minimum Gasteiger partial charge on any atom is -0.494 e. The number of amides is 1. The molecule has 26 heavy (non-hydrogen) atoms. The van der Waals surface area contributed by atoms with Crippen molar-refractivity contribution in [3.63, 3.8) is 0 Å². The van der Waals surface area contributed by atoms with Crippen molar-refractivity contribution in [2.24, 2.45) is 7.05 Å². The molecule has 1 aromatic carbocycles. The second-order valence-electron chi connectivity index (χ2n) is 6.23. The zero-order valence-electron chi connectivity index (χ0n) is 14.7. The average Bonchev–Trinajstić information content (AvgIpc) is 3.38. The molecule has 0 aliphatic carbocycles. The second-order valence-corrected chi connectivity index (χ2v) is 7.24. The summed E-state index contributed by atoms with van der Waals surface area (Å²) in [6, 6.07) is 7.50. The molecule has 4 rings (SSSR count). The fourth-order valence-corrected chi connectivity index (χ4v) is 4.09. The van der Waals surface area contributed by atoms with Crippen molar-refractivity contribution in [3.8, 4) is 5.75 Å². The number of carbonyl (C=O) groups excluding carboxylic acids is 1. The van der Waals surface area contributed by atoms with Crippen molar-refractivity contribution in [2.45, 2.75) is 18.9 Å².